The summed E-state index contributed by atoms with van der Waals surface area (Å²) in [5.74, 6) is 0.0800. The zero-order valence-electron chi connectivity index (χ0n) is 9.65. The quantitative estimate of drug-likeness (QED) is 0.776. The molecule has 0 amide bonds. The second-order valence-electron chi connectivity index (χ2n) is 3.79. The lowest BCUT2D eigenvalue weighted by atomic mass is 10.0. The molecular weight excluding hydrogens is 274 g/mol. The molecule has 0 aliphatic rings. The molecule has 19 heavy (non-hydrogen) atoms. The zero-order valence-corrected chi connectivity index (χ0v) is 10.4. The van der Waals surface area contributed by atoms with Crippen LogP contribution in [-0.2, 0) is 0 Å². The minimum absolute atomic E-state index is 0.0800. The van der Waals surface area contributed by atoms with Crippen LogP contribution in [0, 0.1) is 0 Å². The molecule has 0 fully saturated rings. The largest absolute Gasteiger partial charge is 0.435 e. The maximum Gasteiger partial charge on any atom is 0.387 e. The van der Waals surface area contributed by atoms with Gasteiger partial charge in [-0.3, -0.25) is 4.79 Å². The van der Waals surface area contributed by atoms with Gasteiger partial charge in [-0.15, -0.1) is 0 Å². The first-order valence-electron chi connectivity index (χ1n) is 5.39. The molecule has 0 aliphatic heterocycles. The minimum Gasteiger partial charge on any atom is -0.435 e. The molecule has 2 rings (SSSR count). The first-order valence-corrected chi connectivity index (χ1v) is 5.77. The number of carbonyl (C=O) groups excluding carboxylic acids is 1. The normalized spacial score (nSPS) is 10.5. The van der Waals surface area contributed by atoms with Crippen molar-refractivity contribution in [3.8, 4) is 16.9 Å². The van der Waals surface area contributed by atoms with Gasteiger partial charge in [-0.2, -0.15) is 8.78 Å². The number of alkyl halides is 2. The van der Waals surface area contributed by atoms with E-state index in [-0.39, 0.29) is 5.75 Å². The topological polar surface area (TPSA) is 26.3 Å². The van der Waals surface area contributed by atoms with Gasteiger partial charge in [-0.1, -0.05) is 23.7 Å². The molecule has 0 saturated heterocycles. The highest BCUT2D eigenvalue weighted by atomic mass is 35.5. The van der Waals surface area contributed by atoms with Gasteiger partial charge in [-0.05, 0) is 41.5 Å². The highest BCUT2D eigenvalue weighted by molar-refractivity contribution is 6.31. The predicted molar refractivity (Wildman–Crippen MR) is 68.9 cm³/mol. The molecule has 0 radical (unpaired) electrons. The number of aldehydes is 1. The van der Waals surface area contributed by atoms with Gasteiger partial charge in [0.1, 0.15) is 12.0 Å². The van der Waals surface area contributed by atoms with Crippen LogP contribution in [0.4, 0.5) is 8.78 Å². The van der Waals surface area contributed by atoms with Gasteiger partial charge in [0.2, 0.25) is 0 Å². The Hall–Kier alpha value is -1.94. The van der Waals surface area contributed by atoms with E-state index in [9.17, 15) is 13.6 Å². The van der Waals surface area contributed by atoms with E-state index in [0.717, 1.165) is 11.1 Å². The second kappa shape index (κ2) is 5.80. The van der Waals surface area contributed by atoms with Crippen LogP contribution in [0.15, 0.2) is 42.5 Å². The molecule has 0 bridgehead atoms. The van der Waals surface area contributed by atoms with Crippen LogP contribution in [0.1, 0.15) is 10.4 Å². The summed E-state index contributed by atoms with van der Waals surface area (Å²) in [4.78, 5) is 10.8. The van der Waals surface area contributed by atoms with E-state index in [0.29, 0.717) is 16.9 Å². The van der Waals surface area contributed by atoms with Gasteiger partial charge in [0.25, 0.3) is 0 Å². The summed E-state index contributed by atoms with van der Waals surface area (Å²) in [7, 11) is 0. The van der Waals surface area contributed by atoms with Gasteiger partial charge in [0.15, 0.2) is 0 Å². The molecule has 0 heterocycles. The summed E-state index contributed by atoms with van der Waals surface area (Å²) in [5, 5.41) is 0.438. The van der Waals surface area contributed by atoms with E-state index in [4.69, 9.17) is 11.6 Å². The Morgan fingerprint density at radius 1 is 1.05 bits per heavy atom. The maximum absolute atomic E-state index is 12.0. The summed E-state index contributed by atoms with van der Waals surface area (Å²) < 4.78 is 28.3. The Balaban J connectivity index is 2.31. The number of benzene rings is 2. The predicted octanol–water partition coefficient (Wildman–Crippen LogP) is 4.42. The molecule has 0 unspecified atom stereocenters. The second-order valence-corrected chi connectivity index (χ2v) is 4.23. The fraction of sp³-hybridized carbons (Fsp3) is 0.0714. The third-order valence-corrected chi connectivity index (χ3v) is 2.69. The number of ether oxygens (including phenoxy) is 1. The number of hydrogen-bond donors (Lipinski definition) is 0. The van der Waals surface area contributed by atoms with Gasteiger partial charge in [0.05, 0.1) is 0 Å². The minimum atomic E-state index is -2.85. The van der Waals surface area contributed by atoms with Crippen LogP contribution >= 0.6 is 11.6 Å². The molecular formula is C14H9ClF2O2. The van der Waals surface area contributed by atoms with E-state index in [1.54, 1.807) is 30.3 Å². The molecule has 98 valence electrons. The fourth-order valence-electron chi connectivity index (χ4n) is 1.68. The lowest BCUT2D eigenvalue weighted by molar-refractivity contribution is -0.0498. The van der Waals surface area contributed by atoms with Crippen molar-refractivity contribution in [2.24, 2.45) is 0 Å². The Labute approximate surface area is 113 Å². The van der Waals surface area contributed by atoms with Crippen molar-refractivity contribution < 1.29 is 18.3 Å². The lowest BCUT2D eigenvalue weighted by Gasteiger charge is -2.07. The monoisotopic (exact) mass is 282 g/mol. The van der Waals surface area contributed by atoms with Crippen molar-refractivity contribution in [2.75, 3.05) is 0 Å². The molecule has 5 heteroatoms. The molecule has 2 aromatic rings. The van der Waals surface area contributed by atoms with Crippen molar-refractivity contribution in [1.82, 2.24) is 0 Å². The standard InChI is InChI=1S/C14H9ClF2O2/c15-12-6-9(8-18)5-11(7-12)10-1-3-13(4-2-10)19-14(16)17/h1-8,14H. The Bertz CT molecular complexity index is 582. The third-order valence-electron chi connectivity index (χ3n) is 2.47. The third kappa shape index (κ3) is 3.51. The van der Waals surface area contributed by atoms with Gasteiger partial charge >= 0.3 is 6.61 Å². The molecule has 0 aliphatic carbocycles. The summed E-state index contributed by atoms with van der Waals surface area (Å²) in [6.45, 7) is -2.85. The number of hydrogen-bond acceptors (Lipinski definition) is 2. The Morgan fingerprint density at radius 3 is 2.32 bits per heavy atom. The Kier molecular flexibility index (Phi) is 4.12. The lowest BCUT2D eigenvalue weighted by Crippen LogP contribution is -2.01. The van der Waals surface area contributed by atoms with Gasteiger partial charge in [0, 0.05) is 10.6 Å². The smallest absolute Gasteiger partial charge is 0.387 e. The average Bonchev–Trinajstić information content (AvgIpc) is 2.38. The first-order chi connectivity index (χ1) is 9.08. The molecule has 2 nitrogen and oxygen atoms in total. The summed E-state index contributed by atoms with van der Waals surface area (Å²) in [5.41, 5.74) is 1.95. The van der Waals surface area contributed by atoms with E-state index >= 15 is 0 Å². The number of rotatable bonds is 4. The molecule has 0 atom stereocenters. The van der Waals surface area contributed by atoms with Crippen LogP contribution in [0.3, 0.4) is 0 Å². The average molecular weight is 283 g/mol. The van der Waals surface area contributed by atoms with Crippen LogP contribution in [-0.4, -0.2) is 12.9 Å². The Morgan fingerprint density at radius 2 is 1.74 bits per heavy atom. The molecule has 0 saturated carbocycles. The molecule has 2 aromatic carbocycles. The maximum atomic E-state index is 12.0. The molecule has 0 aromatic heterocycles. The van der Waals surface area contributed by atoms with Crippen LogP contribution in [0.2, 0.25) is 5.02 Å². The highest BCUT2D eigenvalue weighted by Gasteiger charge is 2.05. The SMILES string of the molecule is O=Cc1cc(Cl)cc(-c2ccc(OC(F)F)cc2)c1. The van der Waals surface area contributed by atoms with Gasteiger partial charge in [-0.25, -0.2) is 0 Å². The molecule has 0 N–H and O–H groups in total. The summed E-state index contributed by atoms with van der Waals surface area (Å²) in [6.07, 6.45) is 0.698. The van der Waals surface area contributed by atoms with Crippen molar-refractivity contribution in [1.29, 1.82) is 0 Å². The molecule has 0 spiro atoms. The fourth-order valence-corrected chi connectivity index (χ4v) is 1.92. The van der Waals surface area contributed by atoms with Gasteiger partial charge < -0.3 is 4.74 Å². The van der Waals surface area contributed by atoms with Crippen molar-refractivity contribution >= 4 is 17.9 Å². The number of halogens is 3. The first kappa shape index (κ1) is 13.5. The van der Waals surface area contributed by atoms with Crippen molar-refractivity contribution in [3.63, 3.8) is 0 Å². The van der Waals surface area contributed by atoms with Crippen LogP contribution < -0.4 is 4.74 Å². The van der Waals surface area contributed by atoms with Crippen LogP contribution in [0.25, 0.3) is 11.1 Å². The van der Waals surface area contributed by atoms with E-state index in [2.05, 4.69) is 4.74 Å². The summed E-state index contributed by atoms with van der Waals surface area (Å²) in [6, 6.07) is 11.0. The van der Waals surface area contributed by atoms with Crippen LogP contribution in [0.5, 0.6) is 5.75 Å². The zero-order chi connectivity index (χ0) is 13.8. The summed E-state index contributed by atoms with van der Waals surface area (Å²) >= 11 is 5.90. The highest BCUT2D eigenvalue weighted by Crippen LogP contribution is 2.26. The number of carbonyl (C=O) groups is 1. The van der Waals surface area contributed by atoms with E-state index in [1.807, 2.05) is 0 Å². The van der Waals surface area contributed by atoms with E-state index in [1.165, 1.54) is 12.1 Å². The van der Waals surface area contributed by atoms with E-state index < -0.39 is 6.61 Å². The van der Waals surface area contributed by atoms with Crippen molar-refractivity contribution in [2.45, 2.75) is 6.61 Å². The van der Waals surface area contributed by atoms with Crippen molar-refractivity contribution in [3.05, 3.63) is 53.1 Å².